The van der Waals surface area contributed by atoms with E-state index in [2.05, 4.69) is 26.6 Å². The maximum absolute atomic E-state index is 14.0. The van der Waals surface area contributed by atoms with E-state index in [4.69, 9.17) is 29.4 Å². The van der Waals surface area contributed by atoms with Crippen molar-refractivity contribution >= 4 is 53.1 Å². The second-order valence-electron chi connectivity index (χ2n) is 19.9. The van der Waals surface area contributed by atoms with Crippen molar-refractivity contribution in [1.29, 1.82) is 0 Å². The lowest BCUT2D eigenvalue weighted by Gasteiger charge is -2.42. The van der Waals surface area contributed by atoms with Gasteiger partial charge in [0.1, 0.15) is 54.8 Å². The number of phenols is 2. The fraction of sp³-hybridized carbons (Fsp3) is 0.418. The zero-order chi connectivity index (χ0) is 57.3. The minimum atomic E-state index is -2.40. The molecule has 0 radical (unpaired) electrons. The van der Waals surface area contributed by atoms with Crippen LogP contribution in [0.25, 0.3) is 0 Å². The molecule has 0 bridgehead atoms. The number of phenolic OH excluding ortho intramolecular Hbond substituents is 2. The SMILES string of the molecule is COc1cccc2c1C(=O)c1c(O)c3c(c(O)c1C2=O)C[C@@](O)(C(=O)CO)C[C@@H]3OC1CC(NC(=O)OCc2ccc(NC(=O)C(N)CCCNC(=O)NC(=O)[C@H](CC(C)C)NC(=O)OCc3ccccc3)cc2)C(O)C(C)O1. The molecule has 4 aromatic rings. The fourth-order valence-electron chi connectivity index (χ4n) is 9.63. The lowest BCUT2D eigenvalue weighted by molar-refractivity contribution is -0.249. The van der Waals surface area contributed by atoms with Gasteiger partial charge >= 0.3 is 18.2 Å². The summed E-state index contributed by atoms with van der Waals surface area (Å²) in [4.78, 5) is 105. The number of benzene rings is 4. The number of nitrogens with two attached hydrogens (primary N) is 1. The number of methoxy groups -OCH3 is 1. The van der Waals surface area contributed by atoms with E-state index in [0.29, 0.717) is 11.3 Å². The van der Waals surface area contributed by atoms with Crippen LogP contribution in [0.3, 0.4) is 0 Å². The number of ketones is 3. The Labute approximate surface area is 453 Å². The molecule has 24 heteroatoms. The molecular formula is C55H64N6O18. The standard InChI is InChI=1S/C55H64N6O18/c1-27(2)20-36(60-54(73)76-25-29-10-6-5-7-11-29)51(70)61-52(71)57-19-9-13-34(56)50(69)58-31-17-15-30(16-18-31)26-77-53(72)59-35-21-40(78-28(3)45(35)64)79-38-23-55(74,39(63)24-62)22-33-42(38)49(68)44-43(47(33)66)46(65)32-12-8-14-37(75-4)41(32)48(44)67/h5-8,10-12,14-18,27-28,34-36,38,40,45,62,64,66,68,74H,9,13,19-26,56H2,1-4H3,(H,58,69)(H,59,72)(H,60,73)(H2,57,61,70,71)/t28?,34?,35?,36-,38-,40?,45?,55-/m0/s1. The Hall–Kier alpha value is -8.00. The van der Waals surface area contributed by atoms with Crippen LogP contribution in [0.5, 0.6) is 17.2 Å². The lowest BCUT2D eigenvalue weighted by atomic mass is 9.72. The highest BCUT2D eigenvalue weighted by atomic mass is 16.7. The van der Waals surface area contributed by atoms with Gasteiger partial charge in [-0.1, -0.05) is 68.4 Å². The number of anilines is 1. The van der Waals surface area contributed by atoms with E-state index < -0.39 is 138 Å². The third-order valence-electron chi connectivity index (χ3n) is 13.7. The molecule has 7 rings (SSSR count). The number of urea groups is 1. The summed E-state index contributed by atoms with van der Waals surface area (Å²) in [5, 5.41) is 68.6. The lowest BCUT2D eigenvalue weighted by Crippen LogP contribution is -2.56. The Morgan fingerprint density at radius 2 is 1.52 bits per heavy atom. The third-order valence-corrected chi connectivity index (χ3v) is 13.7. The fourth-order valence-corrected chi connectivity index (χ4v) is 9.63. The van der Waals surface area contributed by atoms with Gasteiger partial charge < -0.3 is 76.2 Å². The van der Waals surface area contributed by atoms with Crippen LogP contribution >= 0.6 is 0 Å². The predicted octanol–water partition coefficient (Wildman–Crippen LogP) is 3.18. The minimum Gasteiger partial charge on any atom is -0.507 e. The molecule has 4 aromatic carbocycles. The quantitative estimate of drug-likeness (QED) is 0.0394. The first-order valence-corrected chi connectivity index (χ1v) is 25.5. The maximum Gasteiger partial charge on any atom is 0.408 e. The molecule has 24 nitrogen and oxygen atoms in total. The molecule has 79 heavy (non-hydrogen) atoms. The van der Waals surface area contributed by atoms with Crippen molar-refractivity contribution < 1.29 is 87.6 Å². The van der Waals surface area contributed by atoms with Crippen molar-refractivity contribution in [2.75, 3.05) is 25.6 Å². The number of fused-ring (bicyclic) bond motifs is 3. The molecule has 1 fully saturated rings. The van der Waals surface area contributed by atoms with Crippen molar-refractivity contribution in [3.05, 3.63) is 117 Å². The van der Waals surface area contributed by atoms with Crippen LogP contribution < -0.4 is 37.1 Å². The first kappa shape index (κ1) is 58.7. The highest BCUT2D eigenvalue weighted by molar-refractivity contribution is 6.31. The van der Waals surface area contributed by atoms with E-state index in [1.165, 1.54) is 32.2 Å². The third kappa shape index (κ3) is 13.8. The largest absolute Gasteiger partial charge is 0.507 e. The van der Waals surface area contributed by atoms with Crippen molar-refractivity contribution in [3.8, 4) is 17.2 Å². The van der Waals surface area contributed by atoms with Crippen molar-refractivity contribution in [2.24, 2.45) is 11.7 Å². The molecule has 1 saturated heterocycles. The van der Waals surface area contributed by atoms with E-state index in [-0.39, 0.29) is 79.4 Å². The van der Waals surface area contributed by atoms with E-state index in [1.807, 2.05) is 19.9 Å². The van der Waals surface area contributed by atoms with Crippen LogP contribution in [-0.4, -0.2) is 135 Å². The topological polar surface area (TPSA) is 370 Å². The molecule has 0 aromatic heterocycles. The summed E-state index contributed by atoms with van der Waals surface area (Å²) in [7, 11) is 1.29. The average Bonchev–Trinajstić information content (AvgIpc) is 3.62. The van der Waals surface area contributed by atoms with Crippen LogP contribution in [0.15, 0.2) is 72.8 Å². The second-order valence-corrected chi connectivity index (χ2v) is 19.9. The molecule has 1 aliphatic heterocycles. The van der Waals surface area contributed by atoms with Crippen LogP contribution in [0.1, 0.15) is 113 Å². The number of rotatable bonds is 20. The number of nitrogens with one attached hydrogen (secondary N) is 5. The van der Waals surface area contributed by atoms with E-state index >= 15 is 0 Å². The molecule has 3 aliphatic rings. The summed E-state index contributed by atoms with van der Waals surface area (Å²) in [5.41, 5.74) is 3.39. The summed E-state index contributed by atoms with van der Waals surface area (Å²) >= 11 is 0. The van der Waals surface area contributed by atoms with Gasteiger partial charge in [0.15, 0.2) is 17.9 Å². The number of aromatic hydroxyl groups is 2. The van der Waals surface area contributed by atoms with Gasteiger partial charge in [-0.3, -0.25) is 29.3 Å². The summed E-state index contributed by atoms with van der Waals surface area (Å²) in [6.07, 6.45) is -7.89. The average molecular weight is 1100 g/mol. The number of hydrogen-bond acceptors (Lipinski definition) is 19. The number of ether oxygens (including phenoxy) is 5. The molecule has 5 unspecified atom stereocenters. The summed E-state index contributed by atoms with van der Waals surface area (Å²) in [6, 6.07) is 15.6. The number of aliphatic hydroxyl groups excluding tert-OH is 2. The van der Waals surface area contributed by atoms with Gasteiger partial charge in [-0.2, -0.15) is 0 Å². The molecule has 0 spiro atoms. The van der Waals surface area contributed by atoms with E-state index in [1.54, 1.807) is 48.5 Å². The monoisotopic (exact) mass is 1100 g/mol. The number of hydrogen-bond donors (Lipinski definition) is 11. The summed E-state index contributed by atoms with van der Waals surface area (Å²) in [6.45, 7) is 3.89. The number of amides is 6. The zero-order valence-electron chi connectivity index (χ0n) is 43.7. The van der Waals surface area contributed by atoms with Crippen LogP contribution in [-0.2, 0) is 53.0 Å². The predicted molar refractivity (Wildman–Crippen MR) is 278 cm³/mol. The van der Waals surface area contributed by atoms with Gasteiger partial charge in [-0.05, 0) is 61.4 Å². The Bertz CT molecular complexity index is 2960. The smallest absolute Gasteiger partial charge is 0.408 e. The van der Waals surface area contributed by atoms with Gasteiger partial charge in [0.25, 0.3) is 5.91 Å². The second kappa shape index (κ2) is 25.6. The van der Waals surface area contributed by atoms with Gasteiger partial charge in [0.05, 0.1) is 48.1 Å². The molecule has 422 valence electrons. The first-order chi connectivity index (χ1) is 37.6. The zero-order valence-corrected chi connectivity index (χ0v) is 43.7. The van der Waals surface area contributed by atoms with Crippen LogP contribution in [0.2, 0.25) is 0 Å². The van der Waals surface area contributed by atoms with Crippen molar-refractivity contribution in [1.82, 2.24) is 21.3 Å². The Kier molecular flexibility index (Phi) is 19.0. The number of aliphatic hydroxyl groups is 3. The molecule has 1 heterocycles. The van der Waals surface area contributed by atoms with Gasteiger partial charge in [-0.25, -0.2) is 14.4 Å². The maximum atomic E-state index is 14.0. The van der Waals surface area contributed by atoms with Crippen LogP contribution in [0.4, 0.5) is 20.1 Å². The van der Waals surface area contributed by atoms with Crippen molar-refractivity contribution in [3.63, 3.8) is 0 Å². The number of Topliss-reactive ketones (excluding diaryl/α,β-unsaturated/α-hetero) is 1. The first-order valence-electron chi connectivity index (χ1n) is 25.5. The highest BCUT2D eigenvalue weighted by Gasteiger charge is 2.50. The number of imide groups is 1. The summed E-state index contributed by atoms with van der Waals surface area (Å²) < 4.78 is 28.1. The van der Waals surface area contributed by atoms with Gasteiger partial charge in [-0.15, -0.1) is 0 Å². The number of carbonyl (C=O) groups is 8. The minimum absolute atomic E-state index is 0.00147. The highest BCUT2D eigenvalue weighted by Crippen LogP contribution is 2.52. The molecule has 2 aliphatic carbocycles. The summed E-state index contributed by atoms with van der Waals surface area (Å²) in [5.74, 6) is -5.56. The molecule has 12 N–H and O–H groups in total. The Morgan fingerprint density at radius 3 is 2.19 bits per heavy atom. The van der Waals surface area contributed by atoms with E-state index in [9.17, 15) is 63.9 Å². The molecular weight excluding hydrogens is 1030 g/mol. The van der Waals surface area contributed by atoms with Crippen molar-refractivity contribution in [2.45, 2.75) is 121 Å². The Balaban J connectivity index is 0.885. The van der Waals surface area contributed by atoms with Crippen LogP contribution in [0, 0.1) is 5.92 Å². The van der Waals surface area contributed by atoms with Gasteiger partial charge in [0, 0.05) is 48.2 Å². The van der Waals surface area contributed by atoms with E-state index in [0.717, 1.165) is 5.56 Å². The number of carbonyl (C=O) groups excluding carboxylic acids is 8. The Morgan fingerprint density at radius 1 is 0.848 bits per heavy atom. The molecule has 6 amide bonds. The molecule has 8 atom stereocenters. The number of alkyl carbamates (subject to hydrolysis) is 2. The molecule has 0 saturated carbocycles. The normalized spacial score (nSPS) is 21.0. The van der Waals surface area contributed by atoms with Gasteiger partial charge in [0.2, 0.25) is 11.7 Å².